The van der Waals surface area contributed by atoms with E-state index < -0.39 is 11.1 Å². The number of nitriles is 1. The van der Waals surface area contributed by atoms with Gasteiger partial charge in [0.15, 0.2) is 11.6 Å². The van der Waals surface area contributed by atoms with E-state index in [1.165, 1.54) is 18.3 Å². The number of para-hydroxylation sites is 2. The molecule has 1 unspecified atom stereocenters. The summed E-state index contributed by atoms with van der Waals surface area (Å²) in [5.74, 6) is -0.366. The van der Waals surface area contributed by atoms with Crippen LogP contribution in [-0.2, 0) is 7.05 Å². The summed E-state index contributed by atoms with van der Waals surface area (Å²) in [7, 11) is 1.80. The van der Waals surface area contributed by atoms with Crippen molar-refractivity contribution < 1.29 is 10.4 Å². The Morgan fingerprint density at radius 1 is 1.32 bits per heavy atom. The molecule has 2 aromatic heterocycles. The number of benzene rings is 1. The summed E-state index contributed by atoms with van der Waals surface area (Å²) in [5.41, 5.74) is 1.86. The normalized spacial score (nSPS) is 13.7. The highest BCUT2D eigenvalue weighted by molar-refractivity contribution is 5.76. The van der Waals surface area contributed by atoms with Gasteiger partial charge in [-0.3, -0.25) is 4.98 Å². The molecule has 7 nitrogen and oxygen atoms in total. The lowest BCUT2D eigenvalue weighted by Crippen LogP contribution is -2.99. The quantitative estimate of drug-likeness (QED) is 0.702. The third-order valence-corrected chi connectivity index (χ3v) is 3.55. The predicted octanol–water partition coefficient (Wildman–Crippen LogP) is 1.03. The summed E-state index contributed by atoms with van der Waals surface area (Å²) < 4.78 is 1.80. The first kappa shape index (κ1) is 14.2. The summed E-state index contributed by atoms with van der Waals surface area (Å²) in [6.45, 7) is 0. The fourth-order valence-corrected chi connectivity index (χ4v) is 2.49. The Hall–Kier alpha value is -2.79. The highest BCUT2D eigenvalue weighted by atomic mass is 16.8. The van der Waals surface area contributed by atoms with Crippen LogP contribution in [0.25, 0.3) is 11.0 Å². The number of quaternary nitrogens is 1. The summed E-state index contributed by atoms with van der Waals surface area (Å²) in [6, 6.07) is 12.6. The van der Waals surface area contributed by atoms with Gasteiger partial charge in [0.1, 0.15) is 11.5 Å². The van der Waals surface area contributed by atoms with E-state index in [1.807, 2.05) is 24.3 Å². The number of aromatic nitrogens is 3. The molecule has 0 spiro atoms. The number of aryl methyl sites for hydroxylation is 1. The predicted molar refractivity (Wildman–Crippen MR) is 78.2 cm³/mol. The molecule has 3 aromatic rings. The largest absolute Gasteiger partial charge is 0.595 e. The van der Waals surface area contributed by atoms with Crippen LogP contribution in [0.1, 0.15) is 17.4 Å². The van der Waals surface area contributed by atoms with Crippen molar-refractivity contribution in [1.82, 2.24) is 14.5 Å². The van der Waals surface area contributed by atoms with Crippen LogP contribution in [0, 0.1) is 16.5 Å². The van der Waals surface area contributed by atoms with Crippen molar-refractivity contribution in [3.8, 4) is 6.07 Å². The smallest absolute Gasteiger partial charge is 0.187 e. The summed E-state index contributed by atoms with van der Waals surface area (Å²) >= 11 is 0. The Kier molecular flexibility index (Phi) is 3.56. The number of hydrogen-bond donors (Lipinski definition) is 2. The Morgan fingerprint density at radius 2 is 2.09 bits per heavy atom. The highest BCUT2D eigenvalue weighted by Crippen LogP contribution is 2.27. The molecule has 22 heavy (non-hydrogen) atoms. The maximum absolute atomic E-state index is 11.4. The van der Waals surface area contributed by atoms with Crippen LogP contribution in [0.5, 0.6) is 0 Å². The fourth-order valence-electron chi connectivity index (χ4n) is 2.49. The van der Waals surface area contributed by atoms with E-state index in [4.69, 9.17) is 0 Å². The average Bonchev–Trinajstić information content (AvgIpc) is 2.86. The van der Waals surface area contributed by atoms with Gasteiger partial charge in [-0.15, -0.1) is 0 Å². The van der Waals surface area contributed by atoms with Crippen LogP contribution >= 0.6 is 0 Å². The first-order chi connectivity index (χ1) is 10.6. The number of rotatable bonds is 3. The van der Waals surface area contributed by atoms with Crippen molar-refractivity contribution in [1.29, 1.82) is 5.26 Å². The summed E-state index contributed by atoms with van der Waals surface area (Å²) in [6.07, 6.45) is 1.48. The van der Waals surface area contributed by atoms with Crippen molar-refractivity contribution in [3.63, 3.8) is 0 Å². The van der Waals surface area contributed by atoms with E-state index in [9.17, 15) is 15.7 Å². The standard InChI is InChI=1S/C15H13N5O2/c1-19-12-6-3-2-5-11(12)18-15(19)10(9-16)14-13(20(21)22)7-4-8-17-14/h2-8,10,20-21H,1H3/t10-/m0/s1. The van der Waals surface area contributed by atoms with Crippen molar-refractivity contribution in [3.05, 3.63) is 59.3 Å². The third kappa shape index (κ3) is 2.21. The minimum absolute atomic E-state index is 0.0149. The van der Waals surface area contributed by atoms with Gasteiger partial charge in [0.05, 0.1) is 17.1 Å². The lowest BCUT2D eigenvalue weighted by Gasteiger charge is -2.17. The van der Waals surface area contributed by atoms with Gasteiger partial charge >= 0.3 is 0 Å². The van der Waals surface area contributed by atoms with Gasteiger partial charge in [0.25, 0.3) is 0 Å². The van der Waals surface area contributed by atoms with Crippen molar-refractivity contribution in [2.75, 3.05) is 0 Å². The van der Waals surface area contributed by atoms with Gasteiger partial charge in [0.2, 0.25) is 0 Å². The van der Waals surface area contributed by atoms with Crippen LogP contribution < -0.4 is 5.23 Å². The van der Waals surface area contributed by atoms with E-state index in [0.29, 0.717) is 5.82 Å². The molecule has 2 N–H and O–H groups in total. The lowest BCUT2D eigenvalue weighted by molar-refractivity contribution is -0.991. The zero-order chi connectivity index (χ0) is 15.7. The fraction of sp³-hybridized carbons (Fsp3) is 0.133. The summed E-state index contributed by atoms with van der Waals surface area (Å²) in [4.78, 5) is 8.57. The highest BCUT2D eigenvalue weighted by Gasteiger charge is 2.26. The molecule has 110 valence electrons. The van der Waals surface area contributed by atoms with Gasteiger partial charge < -0.3 is 9.77 Å². The van der Waals surface area contributed by atoms with Gasteiger partial charge in [0, 0.05) is 19.3 Å². The zero-order valence-corrected chi connectivity index (χ0v) is 11.8. The second-order valence-electron chi connectivity index (χ2n) is 4.82. The van der Waals surface area contributed by atoms with E-state index >= 15 is 0 Å². The molecular formula is C15H13N5O2. The van der Waals surface area contributed by atoms with Crippen LogP contribution in [0.15, 0.2) is 42.6 Å². The molecule has 0 aliphatic carbocycles. The average molecular weight is 295 g/mol. The zero-order valence-electron chi connectivity index (χ0n) is 11.8. The van der Waals surface area contributed by atoms with Crippen LogP contribution in [-0.4, -0.2) is 19.7 Å². The molecule has 0 aliphatic heterocycles. The molecule has 2 atom stereocenters. The molecule has 0 saturated heterocycles. The molecule has 2 heterocycles. The van der Waals surface area contributed by atoms with Gasteiger partial charge in [-0.05, 0) is 18.2 Å². The summed E-state index contributed by atoms with van der Waals surface area (Å²) in [5, 5.41) is 29.1. The monoisotopic (exact) mass is 295 g/mol. The van der Waals surface area contributed by atoms with Crippen LogP contribution in [0.4, 0.5) is 5.69 Å². The minimum atomic E-state index is -1.11. The minimum Gasteiger partial charge on any atom is -0.595 e. The Labute approximate surface area is 126 Å². The number of hydrogen-bond acceptors (Lipinski definition) is 5. The second kappa shape index (κ2) is 5.54. The maximum atomic E-state index is 11.4. The molecule has 7 heteroatoms. The van der Waals surface area contributed by atoms with Gasteiger partial charge in [-0.2, -0.15) is 10.5 Å². The number of nitrogens with zero attached hydrogens (tertiary/aromatic N) is 4. The molecular weight excluding hydrogens is 282 g/mol. The van der Waals surface area contributed by atoms with E-state index in [0.717, 1.165) is 11.0 Å². The molecule has 0 bridgehead atoms. The SMILES string of the molecule is Cn1c([C@@H](C#N)c2ncccc2[NH+]([O-])O)nc2ccccc21. The van der Waals surface area contributed by atoms with Crippen molar-refractivity contribution in [2.24, 2.45) is 7.05 Å². The topological polar surface area (TPSA) is 102 Å². The Morgan fingerprint density at radius 3 is 2.77 bits per heavy atom. The Balaban J connectivity index is 2.20. The van der Waals surface area contributed by atoms with Gasteiger partial charge in [-0.1, -0.05) is 12.1 Å². The van der Waals surface area contributed by atoms with E-state index in [1.54, 1.807) is 11.6 Å². The first-order valence-corrected chi connectivity index (χ1v) is 6.62. The van der Waals surface area contributed by atoms with Crippen molar-refractivity contribution >= 4 is 16.7 Å². The van der Waals surface area contributed by atoms with Crippen LogP contribution in [0.3, 0.4) is 0 Å². The number of imidazole rings is 1. The van der Waals surface area contributed by atoms with Gasteiger partial charge in [-0.25, -0.2) is 10.2 Å². The molecule has 0 amide bonds. The lowest BCUT2D eigenvalue weighted by atomic mass is 10.0. The molecule has 0 saturated carbocycles. The Bertz CT molecular complexity index is 866. The number of pyridine rings is 1. The molecule has 1 aromatic carbocycles. The molecule has 0 fully saturated rings. The first-order valence-electron chi connectivity index (χ1n) is 6.62. The third-order valence-electron chi connectivity index (χ3n) is 3.55. The molecule has 0 aliphatic rings. The molecule has 0 radical (unpaired) electrons. The molecule has 3 rings (SSSR count). The van der Waals surface area contributed by atoms with Crippen molar-refractivity contribution in [2.45, 2.75) is 5.92 Å². The van der Waals surface area contributed by atoms with E-state index in [-0.39, 0.29) is 11.4 Å². The van der Waals surface area contributed by atoms with Crippen LogP contribution in [0.2, 0.25) is 0 Å². The number of nitrogens with one attached hydrogen (secondary N) is 1. The van der Waals surface area contributed by atoms with E-state index in [2.05, 4.69) is 16.0 Å². The number of fused-ring (bicyclic) bond motifs is 1. The second-order valence-corrected chi connectivity index (χ2v) is 4.82. The maximum Gasteiger partial charge on any atom is 0.187 e.